The van der Waals surface area contributed by atoms with Gasteiger partial charge in [0.05, 0.1) is 18.9 Å². The molecular formula is C22H29N5OS. The van der Waals surface area contributed by atoms with Crippen LogP contribution in [0.5, 0.6) is 0 Å². The van der Waals surface area contributed by atoms with Crippen LogP contribution in [0.1, 0.15) is 30.9 Å². The van der Waals surface area contributed by atoms with Gasteiger partial charge in [0.15, 0.2) is 5.11 Å². The first-order chi connectivity index (χ1) is 14.2. The van der Waals surface area contributed by atoms with Crippen LogP contribution in [0, 0.1) is 6.92 Å². The highest BCUT2D eigenvalue weighted by Gasteiger charge is 2.30. The summed E-state index contributed by atoms with van der Waals surface area (Å²) in [5.41, 5.74) is 4.59. The molecule has 1 saturated heterocycles. The molecule has 2 aromatic rings. The van der Waals surface area contributed by atoms with E-state index < -0.39 is 0 Å². The summed E-state index contributed by atoms with van der Waals surface area (Å²) in [6, 6.07) is 8.55. The molecule has 0 radical (unpaired) electrons. The maximum absolute atomic E-state index is 5.70. The number of nitrogens with one attached hydrogen (secondary N) is 1. The van der Waals surface area contributed by atoms with Gasteiger partial charge in [-0.2, -0.15) is 4.98 Å². The van der Waals surface area contributed by atoms with Crippen LogP contribution in [-0.2, 0) is 11.2 Å². The molecule has 2 aliphatic rings. The van der Waals surface area contributed by atoms with Gasteiger partial charge in [-0.25, -0.2) is 4.98 Å². The predicted octanol–water partition coefficient (Wildman–Crippen LogP) is 3.33. The largest absolute Gasteiger partial charge is 0.378 e. The quantitative estimate of drug-likeness (QED) is 0.598. The molecule has 0 saturated carbocycles. The Kier molecular flexibility index (Phi) is 6.25. The molecule has 1 N–H and O–H groups in total. The fourth-order valence-electron chi connectivity index (χ4n) is 3.84. The third kappa shape index (κ3) is 4.36. The van der Waals surface area contributed by atoms with Crippen molar-refractivity contribution < 1.29 is 4.74 Å². The Hall–Kier alpha value is -2.25. The summed E-state index contributed by atoms with van der Waals surface area (Å²) in [4.78, 5) is 14.4. The molecular weight excluding hydrogens is 382 g/mol. The first-order valence-corrected chi connectivity index (χ1v) is 10.9. The average molecular weight is 412 g/mol. The van der Waals surface area contributed by atoms with Gasteiger partial charge in [0, 0.05) is 37.3 Å². The Bertz CT molecular complexity index is 882. The van der Waals surface area contributed by atoms with E-state index in [0.29, 0.717) is 13.2 Å². The summed E-state index contributed by atoms with van der Waals surface area (Å²) in [5.74, 6) is 1.72. The van der Waals surface area contributed by atoms with E-state index in [2.05, 4.69) is 53.2 Å². The number of unbranched alkanes of at least 4 members (excludes halogenated alkanes) is 1. The molecule has 1 fully saturated rings. The zero-order valence-electron chi connectivity index (χ0n) is 17.3. The lowest BCUT2D eigenvalue weighted by molar-refractivity contribution is 0.122. The summed E-state index contributed by atoms with van der Waals surface area (Å²) >= 11 is 5.70. The Morgan fingerprint density at radius 1 is 1.21 bits per heavy atom. The number of morpholine rings is 1. The van der Waals surface area contributed by atoms with Crippen molar-refractivity contribution in [1.29, 1.82) is 0 Å². The van der Waals surface area contributed by atoms with Crippen LogP contribution < -0.4 is 15.1 Å². The van der Waals surface area contributed by atoms with E-state index in [1.807, 2.05) is 0 Å². The normalized spacial score (nSPS) is 16.1. The van der Waals surface area contributed by atoms with Gasteiger partial charge in [0.25, 0.3) is 0 Å². The number of hydrogen-bond donors (Lipinski definition) is 1. The van der Waals surface area contributed by atoms with E-state index in [4.69, 9.17) is 26.9 Å². The predicted molar refractivity (Wildman–Crippen MR) is 122 cm³/mol. The summed E-state index contributed by atoms with van der Waals surface area (Å²) in [6.45, 7) is 9.08. The Morgan fingerprint density at radius 2 is 2.03 bits per heavy atom. The van der Waals surface area contributed by atoms with E-state index in [9.17, 15) is 0 Å². The van der Waals surface area contributed by atoms with Crippen molar-refractivity contribution in [2.75, 3.05) is 49.2 Å². The second-order valence-corrected chi connectivity index (χ2v) is 8.02. The first kappa shape index (κ1) is 20.0. The summed E-state index contributed by atoms with van der Waals surface area (Å²) in [7, 11) is 0. The summed E-state index contributed by atoms with van der Waals surface area (Å²) in [5, 5.41) is 4.16. The number of benzene rings is 1. The van der Waals surface area contributed by atoms with Crippen molar-refractivity contribution in [3.05, 3.63) is 35.4 Å². The molecule has 29 heavy (non-hydrogen) atoms. The van der Waals surface area contributed by atoms with Crippen molar-refractivity contribution in [2.24, 2.45) is 0 Å². The van der Waals surface area contributed by atoms with Crippen molar-refractivity contribution in [2.45, 2.75) is 33.1 Å². The molecule has 4 rings (SSSR count). The third-order valence-corrected chi connectivity index (χ3v) is 5.82. The van der Waals surface area contributed by atoms with Crippen LogP contribution in [-0.4, -0.2) is 54.5 Å². The molecule has 6 nitrogen and oxygen atoms in total. The van der Waals surface area contributed by atoms with E-state index in [0.717, 1.165) is 73.6 Å². The highest BCUT2D eigenvalue weighted by atomic mass is 32.1. The molecule has 0 amide bonds. The third-order valence-electron chi connectivity index (χ3n) is 5.45. The standard InChI is InChI=1S/C22H29N5OS/c1-3-4-9-23-22(29)27-10-8-18-19(17-7-5-6-16(2)15-17)24-21(25-20(18)27)26-11-13-28-14-12-26/h5-7,15H,3-4,8-14H2,1-2H3,(H,23,29). The number of rotatable bonds is 5. The van der Waals surface area contributed by atoms with Gasteiger partial charge >= 0.3 is 0 Å². The molecule has 0 bridgehead atoms. The number of hydrogen-bond acceptors (Lipinski definition) is 5. The monoisotopic (exact) mass is 411 g/mol. The number of fused-ring (bicyclic) bond motifs is 1. The van der Waals surface area contributed by atoms with Crippen molar-refractivity contribution in [3.63, 3.8) is 0 Å². The summed E-state index contributed by atoms with van der Waals surface area (Å²) in [6.07, 6.45) is 3.16. The van der Waals surface area contributed by atoms with Crippen LogP contribution in [0.2, 0.25) is 0 Å². The lowest BCUT2D eigenvalue weighted by Crippen LogP contribution is -2.40. The number of ether oxygens (including phenoxy) is 1. The number of nitrogens with zero attached hydrogens (tertiary/aromatic N) is 4. The molecule has 1 aromatic heterocycles. The van der Waals surface area contributed by atoms with Gasteiger partial charge in [-0.15, -0.1) is 0 Å². The van der Waals surface area contributed by atoms with E-state index in [1.165, 1.54) is 11.1 Å². The molecule has 0 spiro atoms. The maximum atomic E-state index is 5.70. The molecule has 0 aliphatic carbocycles. The van der Waals surface area contributed by atoms with E-state index in [1.54, 1.807) is 0 Å². The molecule has 2 aliphatic heterocycles. The molecule has 0 unspecified atom stereocenters. The zero-order chi connectivity index (χ0) is 20.2. The lowest BCUT2D eigenvalue weighted by atomic mass is 10.0. The number of anilines is 2. The number of aryl methyl sites for hydroxylation is 1. The second-order valence-electron chi connectivity index (χ2n) is 7.63. The van der Waals surface area contributed by atoms with Gasteiger partial charge in [-0.3, -0.25) is 0 Å². The fourth-order valence-corrected chi connectivity index (χ4v) is 4.12. The SMILES string of the molecule is CCCCNC(=S)N1CCc2c(-c3cccc(C)c3)nc(N3CCOCC3)nc21. The smallest absolute Gasteiger partial charge is 0.228 e. The molecule has 0 atom stereocenters. The number of thiocarbonyl (C=S) groups is 1. The summed E-state index contributed by atoms with van der Waals surface area (Å²) < 4.78 is 5.52. The zero-order valence-corrected chi connectivity index (χ0v) is 18.1. The van der Waals surface area contributed by atoms with Gasteiger partial charge in [0.2, 0.25) is 5.95 Å². The first-order valence-electron chi connectivity index (χ1n) is 10.5. The van der Waals surface area contributed by atoms with Crippen LogP contribution in [0.4, 0.5) is 11.8 Å². The number of aromatic nitrogens is 2. The minimum atomic E-state index is 0.709. The highest BCUT2D eigenvalue weighted by Crippen LogP contribution is 2.36. The molecule has 3 heterocycles. The van der Waals surface area contributed by atoms with Crippen molar-refractivity contribution in [1.82, 2.24) is 15.3 Å². The van der Waals surface area contributed by atoms with Crippen molar-refractivity contribution in [3.8, 4) is 11.3 Å². The molecule has 7 heteroatoms. The average Bonchev–Trinajstić information content (AvgIpc) is 3.18. The minimum Gasteiger partial charge on any atom is -0.378 e. The topological polar surface area (TPSA) is 53.5 Å². The van der Waals surface area contributed by atoms with Gasteiger partial charge in [-0.1, -0.05) is 37.1 Å². The highest BCUT2D eigenvalue weighted by molar-refractivity contribution is 7.80. The van der Waals surface area contributed by atoms with Crippen molar-refractivity contribution >= 4 is 29.1 Å². The van der Waals surface area contributed by atoms with E-state index in [-0.39, 0.29) is 0 Å². The van der Waals surface area contributed by atoms with Crippen LogP contribution >= 0.6 is 12.2 Å². The fraction of sp³-hybridized carbons (Fsp3) is 0.500. The lowest BCUT2D eigenvalue weighted by Gasteiger charge is -2.28. The second kappa shape index (κ2) is 9.05. The van der Waals surface area contributed by atoms with E-state index >= 15 is 0 Å². The Morgan fingerprint density at radius 3 is 2.79 bits per heavy atom. The van der Waals surface area contributed by atoms with Crippen LogP contribution in [0.15, 0.2) is 24.3 Å². The molecule has 154 valence electrons. The Labute approximate surface area is 178 Å². The van der Waals surface area contributed by atoms with Gasteiger partial charge < -0.3 is 19.9 Å². The Balaban J connectivity index is 1.73. The van der Waals surface area contributed by atoms with Crippen LogP contribution in [0.3, 0.4) is 0 Å². The van der Waals surface area contributed by atoms with Gasteiger partial charge in [0.1, 0.15) is 5.82 Å². The maximum Gasteiger partial charge on any atom is 0.228 e. The minimum absolute atomic E-state index is 0.709. The molecule has 1 aromatic carbocycles. The van der Waals surface area contributed by atoms with Gasteiger partial charge in [-0.05, 0) is 38.0 Å². The van der Waals surface area contributed by atoms with Crippen LogP contribution in [0.25, 0.3) is 11.3 Å².